The molecule has 20 heavy (non-hydrogen) atoms. The average molecular weight is 285 g/mol. The number of benzene rings is 2. The average Bonchev–Trinajstić information content (AvgIpc) is 2.36. The molecular weight excluding hydrogens is 274 g/mol. The highest BCUT2D eigenvalue weighted by Crippen LogP contribution is 2.36. The van der Waals surface area contributed by atoms with E-state index in [9.17, 15) is 17.6 Å². The summed E-state index contributed by atoms with van der Waals surface area (Å²) < 4.78 is 55.1. The van der Waals surface area contributed by atoms with Gasteiger partial charge < -0.3 is 10.5 Å². The van der Waals surface area contributed by atoms with E-state index in [4.69, 9.17) is 5.73 Å². The molecule has 0 aromatic heterocycles. The van der Waals surface area contributed by atoms with Gasteiger partial charge in [-0.2, -0.15) is 0 Å². The minimum atomic E-state index is -4.84. The molecule has 0 spiro atoms. The number of para-hydroxylation sites is 1. The highest BCUT2D eigenvalue weighted by atomic mass is 19.4. The van der Waals surface area contributed by atoms with Crippen LogP contribution in [0.25, 0.3) is 11.1 Å². The summed E-state index contributed by atoms with van der Waals surface area (Å²) in [6.45, 7) is 1.46. The maximum Gasteiger partial charge on any atom is 0.573 e. The highest BCUT2D eigenvalue weighted by molar-refractivity contribution is 5.73. The van der Waals surface area contributed by atoms with Crippen LogP contribution in [-0.2, 0) is 0 Å². The standard InChI is InChI=1S/C14H11F4NO/c1-8-11(19)7-6-10(13(8)15)9-4-2-3-5-12(9)20-14(16,17)18/h2-7H,19H2,1H3. The van der Waals surface area contributed by atoms with Crippen molar-refractivity contribution in [2.45, 2.75) is 13.3 Å². The van der Waals surface area contributed by atoms with Gasteiger partial charge in [-0.05, 0) is 25.1 Å². The molecule has 0 unspecified atom stereocenters. The Morgan fingerprint density at radius 3 is 2.30 bits per heavy atom. The third-order valence-corrected chi connectivity index (χ3v) is 2.83. The predicted octanol–water partition coefficient (Wildman–Crippen LogP) is 4.28. The van der Waals surface area contributed by atoms with Crippen molar-refractivity contribution >= 4 is 5.69 Å². The lowest BCUT2D eigenvalue weighted by Gasteiger charge is -2.14. The summed E-state index contributed by atoms with van der Waals surface area (Å²) in [6.07, 6.45) is -4.84. The van der Waals surface area contributed by atoms with Crippen molar-refractivity contribution in [1.82, 2.24) is 0 Å². The zero-order valence-corrected chi connectivity index (χ0v) is 10.5. The number of hydrogen-bond acceptors (Lipinski definition) is 2. The molecule has 0 aliphatic heterocycles. The van der Waals surface area contributed by atoms with Crippen LogP contribution in [0.5, 0.6) is 5.75 Å². The van der Waals surface area contributed by atoms with Crippen LogP contribution in [-0.4, -0.2) is 6.36 Å². The Hall–Kier alpha value is -2.24. The first-order chi connectivity index (χ1) is 9.29. The van der Waals surface area contributed by atoms with Crippen molar-refractivity contribution in [2.75, 3.05) is 5.73 Å². The zero-order valence-electron chi connectivity index (χ0n) is 10.5. The van der Waals surface area contributed by atoms with E-state index < -0.39 is 17.9 Å². The fraction of sp³-hybridized carbons (Fsp3) is 0.143. The van der Waals surface area contributed by atoms with E-state index in [0.717, 1.165) is 6.07 Å². The first-order valence-electron chi connectivity index (χ1n) is 5.69. The molecular formula is C14H11F4NO. The van der Waals surface area contributed by atoms with Crippen molar-refractivity contribution in [3.05, 3.63) is 47.8 Å². The second-order valence-corrected chi connectivity index (χ2v) is 4.19. The molecule has 0 bridgehead atoms. The van der Waals surface area contributed by atoms with Gasteiger partial charge in [0.1, 0.15) is 11.6 Å². The lowest BCUT2D eigenvalue weighted by molar-refractivity contribution is -0.274. The summed E-state index contributed by atoms with van der Waals surface area (Å²) >= 11 is 0. The van der Waals surface area contributed by atoms with E-state index >= 15 is 0 Å². The molecule has 6 heteroatoms. The van der Waals surface area contributed by atoms with Gasteiger partial charge in [0.05, 0.1) is 0 Å². The molecule has 2 nitrogen and oxygen atoms in total. The van der Waals surface area contributed by atoms with Crippen molar-refractivity contribution in [2.24, 2.45) is 0 Å². The second-order valence-electron chi connectivity index (χ2n) is 4.19. The molecule has 0 atom stereocenters. The van der Waals surface area contributed by atoms with Crippen LogP contribution in [0.2, 0.25) is 0 Å². The fourth-order valence-electron chi connectivity index (χ4n) is 1.81. The van der Waals surface area contributed by atoms with Gasteiger partial charge in [-0.25, -0.2) is 4.39 Å². The Kier molecular flexibility index (Phi) is 3.57. The number of alkyl halides is 3. The van der Waals surface area contributed by atoms with Gasteiger partial charge >= 0.3 is 6.36 Å². The van der Waals surface area contributed by atoms with E-state index in [1.165, 1.54) is 37.3 Å². The minimum absolute atomic E-state index is 0.0107. The van der Waals surface area contributed by atoms with Crippen LogP contribution in [0.4, 0.5) is 23.2 Å². The number of ether oxygens (including phenoxy) is 1. The van der Waals surface area contributed by atoms with Crippen LogP contribution >= 0.6 is 0 Å². The van der Waals surface area contributed by atoms with E-state index in [0.29, 0.717) is 0 Å². The van der Waals surface area contributed by atoms with Gasteiger partial charge in [0, 0.05) is 22.4 Å². The summed E-state index contributed by atoms with van der Waals surface area (Å²) in [6, 6.07) is 8.15. The molecule has 2 N–H and O–H groups in total. The molecule has 0 amide bonds. The molecule has 2 aromatic carbocycles. The predicted molar refractivity (Wildman–Crippen MR) is 67.7 cm³/mol. The summed E-state index contributed by atoms with van der Waals surface area (Å²) in [5.41, 5.74) is 6.01. The second kappa shape index (κ2) is 5.03. The Balaban J connectivity index is 2.56. The third-order valence-electron chi connectivity index (χ3n) is 2.83. The first kappa shape index (κ1) is 14.2. The van der Waals surface area contributed by atoms with E-state index in [1.807, 2.05) is 0 Å². The topological polar surface area (TPSA) is 35.2 Å². The number of anilines is 1. The number of hydrogen-bond donors (Lipinski definition) is 1. The zero-order chi connectivity index (χ0) is 14.9. The van der Waals surface area contributed by atoms with Crippen LogP contribution in [0, 0.1) is 12.7 Å². The fourth-order valence-corrected chi connectivity index (χ4v) is 1.81. The summed E-state index contributed by atoms with van der Waals surface area (Å²) in [7, 11) is 0. The molecule has 2 aromatic rings. The summed E-state index contributed by atoms with van der Waals surface area (Å²) in [5, 5.41) is 0. The number of halogens is 4. The van der Waals surface area contributed by atoms with Crippen molar-refractivity contribution < 1.29 is 22.3 Å². The van der Waals surface area contributed by atoms with Crippen LogP contribution in [0.15, 0.2) is 36.4 Å². The Bertz CT molecular complexity index is 638. The largest absolute Gasteiger partial charge is 0.573 e. The van der Waals surface area contributed by atoms with Crippen LogP contribution < -0.4 is 10.5 Å². The van der Waals surface area contributed by atoms with Gasteiger partial charge in [-0.1, -0.05) is 18.2 Å². The molecule has 0 saturated carbocycles. The Morgan fingerprint density at radius 2 is 1.65 bits per heavy atom. The SMILES string of the molecule is Cc1c(N)ccc(-c2ccccc2OC(F)(F)F)c1F. The van der Waals surface area contributed by atoms with Crippen molar-refractivity contribution in [3.8, 4) is 16.9 Å². The van der Waals surface area contributed by atoms with Crippen molar-refractivity contribution in [1.29, 1.82) is 0 Å². The number of nitrogen functional groups attached to an aromatic ring is 1. The maximum absolute atomic E-state index is 14.1. The molecule has 0 saturated heterocycles. The lowest BCUT2D eigenvalue weighted by Crippen LogP contribution is -2.17. The molecule has 106 valence electrons. The third kappa shape index (κ3) is 2.84. The number of rotatable bonds is 2. The molecule has 0 aliphatic rings. The van der Waals surface area contributed by atoms with Crippen molar-refractivity contribution in [3.63, 3.8) is 0 Å². The van der Waals surface area contributed by atoms with Gasteiger partial charge in [0.2, 0.25) is 0 Å². The van der Waals surface area contributed by atoms with Crippen LogP contribution in [0.3, 0.4) is 0 Å². The minimum Gasteiger partial charge on any atom is -0.405 e. The van der Waals surface area contributed by atoms with Gasteiger partial charge in [0.25, 0.3) is 0 Å². The lowest BCUT2D eigenvalue weighted by atomic mass is 10.0. The highest BCUT2D eigenvalue weighted by Gasteiger charge is 2.32. The molecule has 0 fully saturated rings. The number of nitrogens with two attached hydrogens (primary N) is 1. The normalized spacial score (nSPS) is 11.4. The van der Waals surface area contributed by atoms with Gasteiger partial charge in [-0.15, -0.1) is 13.2 Å². The van der Waals surface area contributed by atoms with Gasteiger partial charge in [-0.3, -0.25) is 0 Å². The van der Waals surface area contributed by atoms with E-state index in [-0.39, 0.29) is 22.4 Å². The monoisotopic (exact) mass is 285 g/mol. The van der Waals surface area contributed by atoms with Gasteiger partial charge in [0.15, 0.2) is 0 Å². The van der Waals surface area contributed by atoms with E-state index in [2.05, 4.69) is 4.74 Å². The van der Waals surface area contributed by atoms with Crippen LogP contribution in [0.1, 0.15) is 5.56 Å². The summed E-state index contributed by atoms with van der Waals surface area (Å²) in [5.74, 6) is -1.12. The molecule has 2 rings (SSSR count). The first-order valence-corrected chi connectivity index (χ1v) is 5.69. The quantitative estimate of drug-likeness (QED) is 0.660. The Morgan fingerprint density at radius 1 is 1.00 bits per heavy atom. The smallest absolute Gasteiger partial charge is 0.405 e. The summed E-state index contributed by atoms with van der Waals surface area (Å²) in [4.78, 5) is 0. The van der Waals surface area contributed by atoms with E-state index in [1.54, 1.807) is 0 Å². The molecule has 0 radical (unpaired) electrons. The molecule has 0 heterocycles. The maximum atomic E-state index is 14.1. The Labute approximate surface area is 112 Å². The molecule has 0 aliphatic carbocycles.